The Morgan fingerprint density at radius 1 is 1.39 bits per heavy atom. The van der Waals surface area contributed by atoms with Gasteiger partial charge >= 0.3 is 0 Å². The molecule has 0 spiro atoms. The first kappa shape index (κ1) is 11.0. The standard InChI is InChI=1S/C14H13N2O2/c1-9-12(11-6-7-18-8-11)4-5-13(15-9)16-14(17)10-2-3-10/h4-8,10H,1-3H2,(H,15,16,17). The fourth-order valence-corrected chi connectivity index (χ4v) is 1.83. The summed E-state index contributed by atoms with van der Waals surface area (Å²) < 4.78 is 5.03. The Hall–Kier alpha value is -2.10. The van der Waals surface area contributed by atoms with E-state index in [9.17, 15) is 4.79 Å². The van der Waals surface area contributed by atoms with Gasteiger partial charge in [0.05, 0.1) is 18.2 Å². The van der Waals surface area contributed by atoms with Crippen LogP contribution in [0.3, 0.4) is 0 Å². The zero-order valence-corrected chi connectivity index (χ0v) is 9.85. The van der Waals surface area contributed by atoms with Crippen molar-refractivity contribution in [1.29, 1.82) is 0 Å². The Labute approximate surface area is 105 Å². The van der Waals surface area contributed by atoms with Crippen LogP contribution in [0.1, 0.15) is 18.5 Å². The summed E-state index contributed by atoms with van der Waals surface area (Å²) in [6, 6.07) is 5.54. The van der Waals surface area contributed by atoms with Gasteiger partial charge in [-0.05, 0) is 38.0 Å². The van der Waals surface area contributed by atoms with Crippen molar-refractivity contribution in [2.45, 2.75) is 12.8 Å². The molecule has 0 saturated heterocycles. The van der Waals surface area contributed by atoms with Crippen molar-refractivity contribution >= 4 is 11.7 Å². The minimum Gasteiger partial charge on any atom is -0.472 e. The van der Waals surface area contributed by atoms with Gasteiger partial charge in [0.25, 0.3) is 0 Å². The molecule has 1 fully saturated rings. The van der Waals surface area contributed by atoms with Gasteiger partial charge in [-0.15, -0.1) is 0 Å². The molecule has 1 amide bonds. The fourth-order valence-electron chi connectivity index (χ4n) is 1.83. The smallest absolute Gasteiger partial charge is 0.228 e. The van der Waals surface area contributed by atoms with Gasteiger partial charge in [-0.2, -0.15) is 0 Å². The zero-order chi connectivity index (χ0) is 12.5. The summed E-state index contributed by atoms with van der Waals surface area (Å²) in [5.74, 6) is 0.788. The lowest BCUT2D eigenvalue weighted by molar-refractivity contribution is -0.117. The van der Waals surface area contributed by atoms with Crippen LogP contribution < -0.4 is 5.32 Å². The van der Waals surface area contributed by atoms with Crippen molar-refractivity contribution < 1.29 is 9.21 Å². The number of pyridine rings is 1. The maximum atomic E-state index is 11.6. The largest absolute Gasteiger partial charge is 0.472 e. The van der Waals surface area contributed by atoms with E-state index < -0.39 is 0 Å². The van der Waals surface area contributed by atoms with E-state index in [0.717, 1.165) is 24.0 Å². The van der Waals surface area contributed by atoms with Crippen LogP contribution in [0.5, 0.6) is 0 Å². The Kier molecular flexibility index (Phi) is 2.63. The number of hydrogen-bond acceptors (Lipinski definition) is 3. The second kappa shape index (κ2) is 4.29. The summed E-state index contributed by atoms with van der Waals surface area (Å²) in [7, 11) is 0. The van der Waals surface area contributed by atoms with Crippen molar-refractivity contribution in [3.63, 3.8) is 0 Å². The Morgan fingerprint density at radius 2 is 2.22 bits per heavy atom. The van der Waals surface area contributed by atoms with E-state index >= 15 is 0 Å². The first-order chi connectivity index (χ1) is 8.74. The summed E-state index contributed by atoms with van der Waals surface area (Å²) in [5.41, 5.74) is 2.48. The number of aromatic nitrogens is 1. The van der Waals surface area contributed by atoms with Gasteiger partial charge < -0.3 is 9.73 Å². The minimum absolute atomic E-state index is 0.0537. The number of rotatable bonds is 3. The van der Waals surface area contributed by atoms with Gasteiger partial charge in [0.2, 0.25) is 5.91 Å². The van der Waals surface area contributed by atoms with Crippen LogP contribution in [-0.2, 0) is 4.79 Å². The van der Waals surface area contributed by atoms with Gasteiger partial charge in [0, 0.05) is 17.0 Å². The minimum atomic E-state index is 0.0537. The lowest BCUT2D eigenvalue weighted by Crippen LogP contribution is -2.14. The molecule has 1 radical (unpaired) electrons. The predicted octanol–water partition coefficient (Wildman–Crippen LogP) is 2.87. The second-order valence-corrected chi connectivity index (χ2v) is 4.47. The summed E-state index contributed by atoms with van der Waals surface area (Å²) in [4.78, 5) is 15.9. The number of nitrogens with zero attached hydrogens (tertiary/aromatic N) is 1. The van der Waals surface area contributed by atoms with Gasteiger partial charge in [0.1, 0.15) is 5.82 Å². The van der Waals surface area contributed by atoms with E-state index in [1.807, 2.05) is 12.1 Å². The molecule has 2 heterocycles. The van der Waals surface area contributed by atoms with Crippen LogP contribution in [-0.4, -0.2) is 10.9 Å². The maximum absolute atomic E-state index is 11.6. The average Bonchev–Trinajstić information content (AvgIpc) is 3.07. The van der Waals surface area contributed by atoms with Crippen LogP contribution in [0.2, 0.25) is 0 Å². The zero-order valence-electron chi connectivity index (χ0n) is 9.85. The molecule has 1 aliphatic rings. The summed E-state index contributed by atoms with van der Waals surface area (Å²) >= 11 is 0. The molecule has 4 nitrogen and oxygen atoms in total. The quantitative estimate of drug-likeness (QED) is 0.898. The number of amides is 1. The SMILES string of the molecule is [CH2]c1nc(NC(=O)C2CC2)ccc1-c1ccoc1. The molecule has 0 aromatic carbocycles. The molecule has 1 saturated carbocycles. The molecule has 3 rings (SSSR count). The van der Waals surface area contributed by atoms with E-state index in [1.165, 1.54) is 0 Å². The molecule has 1 N–H and O–H groups in total. The fraction of sp³-hybridized carbons (Fsp3) is 0.214. The Morgan fingerprint density at radius 3 is 2.83 bits per heavy atom. The van der Waals surface area contributed by atoms with Gasteiger partial charge in [-0.25, -0.2) is 4.98 Å². The normalized spacial score (nSPS) is 14.5. The third-order valence-electron chi connectivity index (χ3n) is 3.01. The van der Waals surface area contributed by atoms with Crippen molar-refractivity contribution in [3.05, 3.63) is 43.3 Å². The highest BCUT2D eigenvalue weighted by Crippen LogP contribution is 2.30. The number of hydrogen-bond donors (Lipinski definition) is 1. The number of nitrogens with one attached hydrogen (secondary N) is 1. The number of carbonyl (C=O) groups is 1. The highest BCUT2D eigenvalue weighted by atomic mass is 16.3. The average molecular weight is 241 g/mol. The Bertz CT molecular complexity index is 571. The molecule has 0 aliphatic heterocycles. The van der Waals surface area contributed by atoms with Gasteiger partial charge in [0.15, 0.2) is 0 Å². The lowest BCUT2D eigenvalue weighted by Gasteiger charge is -2.07. The predicted molar refractivity (Wildman–Crippen MR) is 67.8 cm³/mol. The molecule has 2 aromatic rings. The van der Waals surface area contributed by atoms with Crippen LogP contribution in [0.4, 0.5) is 5.82 Å². The topological polar surface area (TPSA) is 55.1 Å². The van der Waals surface area contributed by atoms with Crippen molar-refractivity contribution in [1.82, 2.24) is 4.98 Å². The van der Waals surface area contributed by atoms with Gasteiger partial charge in [-0.3, -0.25) is 4.79 Å². The highest BCUT2D eigenvalue weighted by molar-refractivity contribution is 5.93. The molecule has 0 atom stereocenters. The number of furan rings is 1. The second-order valence-electron chi connectivity index (χ2n) is 4.47. The number of anilines is 1. The van der Waals surface area contributed by atoms with Gasteiger partial charge in [-0.1, -0.05) is 0 Å². The molecule has 1 aliphatic carbocycles. The Balaban J connectivity index is 1.82. The van der Waals surface area contributed by atoms with Crippen molar-refractivity contribution in [2.24, 2.45) is 5.92 Å². The third kappa shape index (κ3) is 2.14. The molecule has 4 heteroatoms. The molecule has 91 valence electrons. The molecular formula is C14H13N2O2. The molecular weight excluding hydrogens is 228 g/mol. The van der Waals surface area contributed by atoms with E-state index in [2.05, 4.69) is 17.2 Å². The summed E-state index contributed by atoms with van der Waals surface area (Å²) in [6.45, 7) is 3.90. The van der Waals surface area contributed by atoms with E-state index in [0.29, 0.717) is 11.5 Å². The summed E-state index contributed by atoms with van der Waals surface area (Å²) in [6.07, 6.45) is 5.22. The van der Waals surface area contributed by atoms with Crippen molar-refractivity contribution in [3.8, 4) is 11.1 Å². The monoisotopic (exact) mass is 241 g/mol. The third-order valence-corrected chi connectivity index (χ3v) is 3.01. The van der Waals surface area contributed by atoms with Crippen LogP contribution in [0.25, 0.3) is 11.1 Å². The first-order valence-electron chi connectivity index (χ1n) is 5.90. The lowest BCUT2D eigenvalue weighted by atomic mass is 10.1. The molecule has 0 unspecified atom stereocenters. The highest BCUT2D eigenvalue weighted by Gasteiger charge is 2.29. The van der Waals surface area contributed by atoms with E-state index in [1.54, 1.807) is 18.6 Å². The first-order valence-corrected chi connectivity index (χ1v) is 5.90. The number of carbonyl (C=O) groups excluding carboxylic acids is 1. The maximum Gasteiger partial charge on any atom is 0.228 e. The van der Waals surface area contributed by atoms with E-state index in [4.69, 9.17) is 4.42 Å². The van der Waals surface area contributed by atoms with Crippen LogP contribution in [0.15, 0.2) is 35.1 Å². The van der Waals surface area contributed by atoms with Crippen LogP contribution >= 0.6 is 0 Å². The molecule has 18 heavy (non-hydrogen) atoms. The molecule has 0 bridgehead atoms. The molecule has 2 aromatic heterocycles. The summed E-state index contributed by atoms with van der Waals surface area (Å²) in [5, 5.41) is 2.80. The van der Waals surface area contributed by atoms with Crippen LogP contribution in [0, 0.1) is 12.8 Å². The van der Waals surface area contributed by atoms with E-state index in [-0.39, 0.29) is 11.8 Å². The van der Waals surface area contributed by atoms with Crippen molar-refractivity contribution in [2.75, 3.05) is 5.32 Å².